The lowest BCUT2D eigenvalue weighted by atomic mass is 9.74. The van der Waals surface area contributed by atoms with E-state index in [0.717, 1.165) is 11.1 Å². The van der Waals surface area contributed by atoms with Crippen LogP contribution in [0.15, 0.2) is 72.8 Å². The number of ether oxygens (including phenoxy) is 3. The number of hydrogen-bond acceptors (Lipinski definition) is 4. The third-order valence-corrected chi connectivity index (χ3v) is 7.03. The van der Waals surface area contributed by atoms with Gasteiger partial charge in [-0.15, -0.1) is 0 Å². The molecule has 4 rings (SSSR count). The fourth-order valence-electron chi connectivity index (χ4n) is 4.87. The lowest BCUT2D eigenvalue weighted by Crippen LogP contribution is -2.32. The van der Waals surface area contributed by atoms with Crippen LogP contribution in [0, 0.1) is 11.7 Å². The molecule has 3 aromatic rings. The second-order valence-corrected chi connectivity index (χ2v) is 9.96. The van der Waals surface area contributed by atoms with Crippen LogP contribution >= 0.6 is 23.2 Å². The summed E-state index contributed by atoms with van der Waals surface area (Å²) in [6.45, 7) is 5.56. The van der Waals surface area contributed by atoms with Crippen LogP contribution in [0.4, 0.5) is 4.39 Å². The molecule has 1 aliphatic heterocycles. The van der Waals surface area contributed by atoms with Crippen molar-refractivity contribution in [1.29, 1.82) is 0 Å². The van der Waals surface area contributed by atoms with Crippen LogP contribution in [0.2, 0.25) is 10.0 Å². The Morgan fingerprint density at radius 2 is 1.81 bits per heavy atom. The van der Waals surface area contributed by atoms with Gasteiger partial charge in [0.05, 0.1) is 19.3 Å². The lowest BCUT2D eigenvalue weighted by molar-refractivity contribution is -0.139. The summed E-state index contributed by atoms with van der Waals surface area (Å²) in [7, 11) is 1.45. The Balaban J connectivity index is 1.86. The molecule has 0 amide bonds. The van der Waals surface area contributed by atoms with E-state index in [1.807, 2.05) is 37.3 Å². The van der Waals surface area contributed by atoms with Gasteiger partial charge in [-0.25, -0.2) is 9.18 Å². The zero-order valence-electron chi connectivity index (χ0n) is 20.4. The molecular formula is C29H27Cl2FO5. The van der Waals surface area contributed by atoms with Gasteiger partial charge in [-0.3, -0.25) is 0 Å². The summed E-state index contributed by atoms with van der Waals surface area (Å²) in [5.41, 5.74) is 3.07. The van der Waals surface area contributed by atoms with Gasteiger partial charge < -0.3 is 19.3 Å². The summed E-state index contributed by atoms with van der Waals surface area (Å²) in [5.74, 6) is -1.32. The monoisotopic (exact) mass is 544 g/mol. The maximum atomic E-state index is 14.3. The van der Waals surface area contributed by atoms with Gasteiger partial charge in [0.15, 0.2) is 18.1 Å². The fraction of sp³-hybridized carbons (Fsp3) is 0.276. The van der Waals surface area contributed by atoms with Crippen molar-refractivity contribution in [2.45, 2.75) is 31.5 Å². The lowest BCUT2D eigenvalue weighted by Gasteiger charge is -2.43. The van der Waals surface area contributed by atoms with Crippen molar-refractivity contribution in [3.05, 3.63) is 105 Å². The molecule has 0 aliphatic carbocycles. The molecule has 0 aromatic heterocycles. The Kier molecular flexibility index (Phi) is 8.42. The number of benzene rings is 3. The summed E-state index contributed by atoms with van der Waals surface area (Å²) in [4.78, 5) is 11.3. The largest absolute Gasteiger partial charge is 0.493 e. The Morgan fingerprint density at radius 3 is 2.43 bits per heavy atom. The SMILES string of the molecule is C=C(C)[C@H]1C[C@H](c2ccc(Cl)cc2)[C@H](c2cccc(F)c2)O[C@@H]1c1cc(Cl)cc(OC)c1OCC(=O)O. The van der Waals surface area contributed by atoms with E-state index in [4.69, 9.17) is 37.4 Å². The maximum Gasteiger partial charge on any atom is 0.341 e. The molecule has 0 unspecified atom stereocenters. The van der Waals surface area contributed by atoms with E-state index < -0.39 is 24.8 Å². The first-order chi connectivity index (χ1) is 17.7. The first-order valence-corrected chi connectivity index (χ1v) is 12.5. The maximum absolute atomic E-state index is 14.3. The molecule has 5 nitrogen and oxygen atoms in total. The van der Waals surface area contributed by atoms with Crippen LogP contribution in [-0.2, 0) is 9.53 Å². The standard InChI is InChI=1S/C29H27Cl2FO5/c1-16(2)22-14-23(17-7-9-19(30)10-8-17)27(18-5-4-6-21(32)11-18)37-28(22)24-12-20(31)13-25(35-3)29(24)36-15-26(33)34/h4-13,22-23,27-28H,1,14-15H2,2-3H3,(H,33,34)/t22-,23-,27+,28+/m1/s1. The molecule has 1 fully saturated rings. The second-order valence-electron chi connectivity index (χ2n) is 9.09. The normalized spacial score (nSPS) is 21.3. The molecule has 1 saturated heterocycles. The summed E-state index contributed by atoms with van der Waals surface area (Å²) >= 11 is 12.6. The number of rotatable bonds is 8. The van der Waals surface area contributed by atoms with Crippen LogP contribution in [0.1, 0.15) is 48.2 Å². The number of halogens is 3. The van der Waals surface area contributed by atoms with E-state index in [9.17, 15) is 14.3 Å². The van der Waals surface area contributed by atoms with Crippen molar-refractivity contribution in [3.63, 3.8) is 0 Å². The molecule has 1 N–H and O–H groups in total. The fourth-order valence-corrected chi connectivity index (χ4v) is 5.22. The average molecular weight is 545 g/mol. The molecular weight excluding hydrogens is 518 g/mol. The Labute approximate surface area is 225 Å². The van der Waals surface area contributed by atoms with Gasteiger partial charge in [0, 0.05) is 33.5 Å². The van der Waals surface area contributed by atoms with Gasteiger partial charge in [-0.1, -0.05) is 59.6 Å². The zero-order chi connectivity index (χ0) is 26.7. The molecule has 0 saturated carbocycles. The van der Waals surface area contributed by atoms with E-state index >= 15 is 0 Å². The van der Waals surface area contributed by atoms with Crippen LogP contribution in [0.25, 0.3) is 0 Å². The zero-order valence-corrected chi connectivity index (χ0v) is 21.9. The van der Waals surface area contributed by atoms with Crippen LogP contribution in [0.3, 0.4) is 0 Å². The topological polar surface area (TPSA) is 65.0 Å². The Bertz CT molecular complexity index is 1290. The summed E-state index contributed by atoms with van der Waals surface area (Å²) in [5, 5.41) is 10.2. The van der Waals surface area contributed by atoms with Crippen LogP contribution in [-0.4, -0.2) is 24.8 Å². The molecule has 1 heterocycles. The van der Waals surface area contributed by atoms with Crippen molar-refractivity contribution in [1.82, 2.24) is 0 Å². The van der Waals surface area contributed by atoms with Gasteiger partial charge in [-0.05, 0) is 54.8 Å². The number of carboxylic acids is 1. The van der Waals surface area contributed by atoms with Gasteiger partial charge in [0.2, 0.25) is 0 Å². The molecule has 1 aliphatic rings. The second kappa shape index (κ2) is 11.5. The molecule has 0 radical (unpaired) electrons. The third-order valence-electron chi connectivity index (χ3n) is 6.56. The molecule has 0 spiro atoms. The summed E-state index contributed by atoms with van der Waals surface area (Å²) in [6, 6.07) is 17.1. The van der Waals surface area contributed by atoms with E-state index in [0.29, 0.717) is 27.6 Å². The highest BCUT2D eigenvalue weighted by molar-refractivity contribution is 6.31. The van der Waals surface area contributed by atoms with Crippen LogP contribution < -0.4 is 9.47 Å². The number of aliphatic carboxylic acids is 1. The van der Waals surface area contributed by atoms with Crippen molar-refractivity contribution in [3.8, 4) is 11.5 Å². The molecule has 4 atom stereocenters. The third kappa shape index (κ3) is 6.09. The van der Waals surface area contributed by atoms with Crippen LogP contribution in [0.5, 0.6) is 11.5 Å². The highest BCUT2D eigenvalue weighted by Crippen LogP contribution is 2.54. The minimum Gasteiger partial charge on any atom is -0.493 e. The quantitative estimate of drug-likeness (QED) is 0.293. The van der Waals surface area contributed by atoms with Crippen molar-refractivity contribution in [2.24, 2.45) is 5.92 Å². The highest BCUT2D eigenvalue weighted by atomic mass is 35.5. The number of methoxy groups -OCH3 is 1. The summed E-state index contributed by atoms with van der Waals surface area (Å²) < 4.78 is 32.3. The molecule has 8 heteroatoms. The van der Waals surface area contributed by atoms with Gasteiger partial charge in [0.1, 0.15) is 5.82 Å². The highest BCUT2D eigenvalue weighted by Gasteiger charge is 2.42. The molecule has 3 aromatic carbocycles. The minimum atomic E-state index is -1.13. The van der Waals surface area contributed by atoms with E-state index in [2.05, 4.69) is 6.58 Å². The van der Waals surface area contributed by atoms with Gasteiger partial charge in [-0.2, -0.15) is 0 Å². The van der Waals surface area contributed by atoms with Crippen molar-refractivity contribution < 1.29 is 28.5 Å². The minimum absolute atomic E-state index is 0.138. The van der Waals surface area contributed by atoms with E-state index in [1.54, 1.807) is 18.2 Å². The van der Waals surface area contributed by atoms with Crippen molar-refractivity contribution >= 4 is 29.2 Å². The average Bonchev–Trinajstić information content (AvgIpc) is 2.87. The smallest absolute Gasteiger partial charge is 0.341 e. The predicted octanol–water partition coefficient (Wildman–Crippen LogP) is 7.78. The number of carbonyl (C=O) groups is 1. The molecule has 194 valence electrons. The molecule has 0 bridgehead atoms. The van der Waals surface area contributed by atoms with Gasteiger partial charge >= 0.3 is 5.97 Å². The predicted molar refractivity (Wildman–Crippen MR) is 141 cm³/mol. The number of hydrogen-bond donors (Lipinski definition) is 1. The molecule has 37 heavy (non-hydrogen) atoms. The van der Waals surface area contributed by atoms with E-state index in [1.165, 1.54) is 19.2 Å². The number of carboxylic acid groups (broad SMARTS) is 1. The Hall–Kier alpha value is -3.06. The van der Waals surface area contributed by atoms with Crippen molar-refractivity contribution in [2.75, 3.05) is 13.7 Å². The summed E-state index contributed by atoms with van der Waals surface area (Å²) in [6.07, 6.45) is -0.531. The van der Waals surface area contributed by atoms with E-state index in [-0.39, 0.29) is 29.2 Å². The van der Waals surface area contributed by atoms with Gasteiger partial charge in [0.25, 0.3) is 0 Å². The first kappa shape index (κ1) is 27.0. The Morgan fingerprint density at radius 1 is 1.08 bits per heavy atom. The first-order valence-electron chi connectivity index (χ1n) is 11.7.